The molecule has 3 rings (SSSR count). The van der Waals surface area contributed by atoms with Gasteiger partial charge in [0.1, 0.15) is 0 Å². The number of nitrogens with zero attached hydrogens (tertiary/aromatic N) is 2. The highest BCUT2D eigenvalue weighted by molar-refractivity contribution is 6.00. The van der Waals surface area contributed by atoms with E-state index in [1.165, 1.54) is 0 Å². The van der Waals surface area contributed by atoms with Crippen molar-refractivity contribution >= 4 is 23.3 Å². The average Bonchev–Trinajstić information content (AvgIpc) is 3.24. The largest absolute Gasteiger partial charge is 0.461 e. The van der Waals surface area contributed by atoms with E-state index in [-0.39, 0.29) is 36.8 Å². The maximum absolute atomic E-state index is 12.1. The van der Waals surface area contributed by atoms with E-state index in [0.29, 0.717) is 11.3 Å². The van der Waals surface area contributed by atoms with Crippen LogP contribution >= 0.6 is 0 Å². The Morgan fingerprint density at radius 1 is 0.966 bits per heavy atom. The number of carbonyl (C=O) groups is 3. The first kappa shape index (κ1) is 20.0. The summed E-state index contributed by atoms with van der Waals surface area (Å²) in [5.41, 5.74) is 2.18. The fourth-order valence-corrected chi connectivity index (χ4v) is 2.70. The number of carbonyl (C=O) groups excluding carboxylic acids is 3. The van der Waals surface area contributed by atoms with E-state index in [4.69, 9.17) is 4.74 Å². The van der Waals surface area contributed by atoms with Gasteiger partial charge in [-0.15, -0.1) is 0 Å². The molecule has 2 aromatic carbocycles. The Morgan fingerprint density at radius 3 is 2.38 bits per heavy atom. The molecule has 0 radical (unpaired) electrons. The minimum atomic E-state index is -0.472. The van der Waals surface area contributed by atoms with Crippen molar-refractivity contribution < 1.29 is 19.1 Å². The molecule has 0 atom stereocenters. The zero-order valence-corrected chi connectivity index (χ0v) is 16.0. The SMILES string of the molecule is CCOC(=O)c1ccn(-c2ccc(NC(=O)CCC(=O)c3ccccc3)cc2)n1. The number of Topliss-reactive ketones (excluding diaryl/α,β-unsaturated/α-hetero) is 1. The molecule has 7 heteroatoms. The number of nitrogens with one attached hydrogen (secondary N) is 1. The Morgan fingerprint density at radius 2 is 1.69 bits per heavy atom. The minimum absolute atomic E-state index is 0.0628. The molecule has 0 bridgehead atoms. The highest BCUT2D eigenvalue weighted by Gasteiger charge is 2.12. The Bertz CT molecular complexity index is 994. The van der Waals surface area contributed by atoms with Crippen molar-refractivity contribution in [2.24, 2.45) is 0 Å². The molecule has 0 aliphatic heterocycles. The standard InChI is InChI=1S/C22H21N3O4/c1-2-29-22(28)19-14-15-25(24-19)18-10-8-17(9-11-18)23-21(27)13-12-20(26)16-6-4-3-5-7-16/h3-11,14-15H,2,12-13H2,1H3,(H,23,27). The van der Waals surface area contributed by atoms with Gasteiger partial charge in [0.2, 0.25) is 5.91 Å². The minimum Gasteiger partial charge on any atom is -0.461 e. The molecule has 0 fully saturated rings. The quantitative estimate of drug-likeness (QED) is 0.468. The molecule has 3 aromatic rings. The van der Waals surface area contributed by atoms with Crippen LogP contribution in [0.1, 0.15) is 40.6 Å². The molecular formula is C22H21N3O4. The van der Waals surface area contributed by atoms with Gasteiger partial charge in [0.05, 0.1) is 12.3 Å². The Hall–Kier alpha value is -3.74. The lowest BCUT2D eigenvalue weighted by atomic mass is 10.1. The third-order valence-electron chi connectivity index (χ3n) is 4.16. The molecule has 29 heavy (non-hydrogen) atoms. The van der Waals surface area contributed by atoms with Gasteiger partial charge in [0, 0.05) is 30.3 Å². The van der Waals surface area contributed by atoms with Crippen LogP contribution < -0.4 is 5.32 Å². The summed E-state index contributed by atoms with van der Waals surface area (Å²) in [4.78, 5) is 35.9. The molecule has 0 aliphatic rings. The van der Waals surface area contributed by atoms with E-state index in [2.05, 4.69) is 10.4 Å². The van der Waals surface area contributed by atoms with Crippen LogP contribution in [0.25, 0.3) is 5.69 Å². The molecule has 0 spiro atoms. The molecule has 1 N–H and O–H groups in total. The normalized spacial score (nSPS) is 10.4. The Kier molecular flexibility index (Phi) is 6.52. The smallest absolute Gasteiger partial charge is 0.358 e. The fraction of sp³-hybridized carbons (Fsp3) is 0.182. The second-order valence-corrected chi connectivity index (χ2v) is 6.25. The van der Waals surface area contributed by atoms with Crippen molar-refractivity contribution in [1.82, 2.24) is 9.78 Å². The zero-order chi connectivity index (χ0) is 20.6. The lowest BCUT2D eigenvalue weighted by Gasteiger charge is -2.07. The van der Waals surface area contributed by atoms with E-state index in [1.807, 2.05) is 6.07 Å². The summed E-state index contributed by atoms with van der Waals surface area (Å²) in [5, 5.41) is 6.96. The van der Waals surface area contributed by atoms with Crippen LogP contribution in [0.15, 0.2) is 66.9 Å². The second-order valence-electron chi connectivity index (χ2n) is 6.25. The third-order valence-corrected chi connectivity index (χ3v) is 4.16. The van der Waals surface area contributed by atoms with Gasteiger partial charge in [0.15, 0.2) is 11.5 Å². The predicted molar refractivity (Wildman–Crippen MR) is 108 cm³/mol. The van der Waals surface area contributed by atoms with E-state index in [9.17, 15) is 14.4 Å². The van der Waals surface area contributed by atoms with Crippen molar-refractivity contribution in [3.05, 3.63) is 78.1 Å². The number of aromatic nitrogens is 2. The van der Waals surface area contributed by atoms with Gasteiger partial charge in [-0.25, -0.2) is 9.48 Å². The summed E-state index contributed by atoms with van der Waals surface area (Å²) in [6.45, 7) is 2.02. The number of rotatable bonds is 8. The topological polar surface area (TPSA) is 90.3 Å². The van der Waals surface area contributed by atoms with Crippen LogP contribution in [0.3, 0.4) is 0 Å². The van der Waals surface area contributed by atoms with Crippen LogP contribution in [0.5, 0.6) is 0 Å². The van der Waals surface area contributed by atoms with Gasteiger partial charge < -0.3 is 10.1 Å². The van der Waals surface area contributed by atoms with Gasteiger partial charge in [0.25, 0.3) is 0 Å². The molecular weight excluding hydrogens is 370 g/mol. The van der Waals surface area contributed by atoms with E-state index >= 15 is 0 Å². The molecule has 1 amide bonds. The summed E-state index contributed by atoms with van der Waals surface area (Å²) < 4.78 is 6.47. The molecule has 1 aromatic heterocycles. The van der Waals surface area contributed by atoms with Crippen molar-refractivity contribution in [3.63, 3.8) is 0 Å². The van der Waals surface area contributed by atoms with Crippen molar-refractivity contribution in [1.29, 1.82) is 0 Å². The summed E-state index contributed by atoms with van der Waals surface area (Å²) in [5.74, 6) is -0.766. The highest BCUT2D eigenvalue weighted by atomic mass is 16.5. The number of hydrogen-bond donors (Lipinski definition) is 1. The van der Waals surface area contributed by atoms with Gasteiger partial charge in [-0.2, -0.15) is 5.10 Å². The number of ether oxygens (including phenoxy) is 1. The lowest BCUT2D eigenvalue weighted by molar-refractivity contribution is -0.116. The molecule has 0 saturated carbocycles. The maximum atomic E-state index is 12.1. The van der Waals surface area contributed by atoms with Crippen molar-refractivity contribution in [3.8, 4) is 5.69 Å². The van der Waals surface area contributed by atoms with Gasteiger partial charge in [-0.1, -0.05) is 30.3 Å². The Labute approximate surface area is 168 Å². The molecule has 1 heterocycles. The average molecular weight is 391 g/mol. The maximum Gasteiger partial charge on any atom is 0.358 e. The highest BCUT2D eigenvalue weighted by Crippen LogP contribution is 2.14. The van der Waals surface area contributed by atoms with E-state index < -0.39 is 5.97 Å². The van der Waals surface area contributed by atoms with E-state index in [0.717, 1.165) is 5.69 Å². The summed E-state index contributed by atoms with van der Waals surface area (Å²) in [7, 11) is 0. The molecule has 148 valence electrons. The van der Waals surface area contributed by atoms with Crippen LogP contribution in [0.4, 0.5) is 5.69 Å². The van der Waals surface area contributed by atoms with Crippen molar-refractivity contribution in [2.45, 2.75) is 19.8 Å². The zero-order valence-electron chi connectivity index (χ0n) is 16.0. The number of amides is 1. The lowest BCUT2D eigenvalue weighted by Crippen LogP contribution is -2.13. The number of anilines is 1. The van der Waals surface area contributed by atoms with Crippen molar-refractivity contribution in [2.75, 3.05) is 11.9 Å². The first-order valence-electron chi connectivity index (χ1n) is 9.28. The monoisotopic (exact) mass is 391 g/mol. The fourth-order valence-electron chi connectivity index (χ4n) is 2.70. The predicted octanol–water partition coefficient (Wildman–Crippen LogP) is 3.65. The third kappa shape index (κ3) is 5.38. The number of hydrogen-bond acceptors (Lipinski definition) is 5. The van der Waals surface area contributed by atoms with Crippen LogP contribution in [0, 0.1) is 0 Å². The van der Waals surface area contributed by atoms with Gasteiger partial charge in [-0.05, 0) is 37.3 Å². The number of ketones is 1. The van der Waals surface area contributed by atoms with Gasteiger partial charge in [-0.3, -0.25) is 9.59 Å². The summed E-state index contributed by atoms with van der Waals surface area (Å²) in [6.07, 6.45) is 1.92. The van der Waals surface area contributed by atoms with Crippen LogP contribution in [0.2, 0.25) is 0 Å². The second kappa shape index (κ2) is 9.45. The molecule has 0 saturated heterocycles. The number of benzene rings is 2. The first-order valence-corrected chi connectivity index (χ1v) is 9.28. The molecule has 7 nitrogen and oxygen atoms in total. The number of esters is 1. The Balaban J connectivity index is 1.54. The van der Waals surface area contributed by atoms with Gasteiger partial charge >= 0.3 is 5.97 Å². The first-order chi connectivity index (χ1) is 14.1. The molecule has 0 unspecified atom stereocenters. The van der Waals surface area contributed by atoms with Crippen LogP contribution in [-0.2, 0) is 9.53 Å². The summed E-state index contributed by atoms with van der Waals surface area (Å²) in [6, 6.07) is 17.5. The summed E-state index contributed by atoms with van der Waals surface area (Å²) >= 11 is 0. The van der Waals surface area contributed by atoms with Crippen LogP contribution in [-0.4, -0.2) is 34.0 Å². The van der Waals surface area contributed by atoms with E-state index in [1.54, 1.807) is 72.4 Å². The molecule has 0 aliphatic carbocycles.